The highest BCUT2D eigenvalue weighted by Crippen LogP contribution is 2.21. The Morgan fingerprint density at radius 1 is 1.44 bits per heavy atom. The number of likely N-dealkylation sites (tertiary alicyclic amines) is 1. The second kappa shape index (κ2) is 9.75. The monoisotopic (exact) mass is 366 g/mol. The fraction of sp³-hybridized carbons (Fsp3) is 0.722. The number of carbonyl (C=O) groups excluding carboxylic acids is 2. The summed E-state index contributed by atoms with van der Waals surface area (Å²) in [6, 6.07) is 0.175. The van der Waals surface area contributed by atoms with Gasteiger partial charge in [-0.15, -0.1) is 11.3 Å². The summed E-state index contributed by atoms with van der Waals surface area (Å²) in [5.41, 5.74) is 0.479. The van der Waals surface area contributed by atoms with E-state index in [1.165, 1.54) is 11.3 Å². The molecule has 1 aliphatic heterocycles. The normalized spacial score (nSPS) is 18.7. The quantitative estimate of drug-likeness (QED) is 0.693. The van der Waals surface area contributed by atoms with E-state index in [0.29, 0.717) is 18.8 Å². The van der Waals surface area contributed by atoms with Crippen molar-refractivity contribution in [2.75, 3.05) is 25.0 Å². The van der Waals surface area contributed by atoms with Gasteiger partial charge in [0, 0.05) is 31.1 Å². The number of unbranched alkanes of at least 4 members (excludes halogenated alkanes) is 1. The Bertz CT molecular complexity index is 575. The van der Waals surface area contributed by atoms with Gasteiger partial charge in [0.05, 0.1) is 5.92 Å². The first-order valence-corrected chi connectivity index (χ1v) is 10.2. The highest BCUT2D eigenvalue weighted by Gasteiger charge is 2.30. The number of hydrogen-bond acceptors (Lipinski definition) is 5. The number of thiazole rings is 1. The lowest BCUT2D eigenvalue weighted by molar-refractivity contribution is -0.126. The fourth-order valence-electron chi connectivity index (χ4n) is 2.83. The number of hydrogen-bond donors (Lipinski definition) is 2. The van der Waals surface area contributed by atoms with Crippen molar-refractivity contribution >= 4 is 28.3 Å². The molecular formula is C18H30N4O2S. The van der Waals surface area contributed by atoms with Crippen LogP contribution in [0.1, 0.15) is 63.4 Å². The van der Waals surface area contributed by atoms with Gasteiger partial charge in [-0.1, -0.05) is 20.3 Å². The standard InChI is InChI=1S/C18H30N4O2S/c1-4-6-9-19-18-21-15(12-25-18)17(24)22-10-7-8-14(11-22)16(23)20-13(3)5-2/h12-14H,4-11H2,1-3H3,(H,19,21)(H,20,23). The molecule has 0 bridgehead atoms. The van der Waals surface area contributed by atoms with Gasteiger partial charge in [-0.25, -0.2) is 4.98 Å². The maximum Gasteiger partial charge on any atom is 0.273 e. The molecule has 0 saturated carbocycles. The molecule has 1 aliphatic rings. The third-order valence-electron chi connectivity index (χ3n) is 4.61. The second-order valence-electron chi connectivity index (χ2n) is 6.73. The molecule has 140 valence electrons. The summed E-state index contributed by atoms with van der Waals surface area (Å²) >= 11 is 1.46. The van der Waals surface area contributed by atoms with E-state index in [-0.39, 0.29) is 23.8 Å². The van der Waals surface area contributed by atoms with Crippen LogP contribution in [0.15, 0.2) is 5.38 Å². The highest BCUT2D eigenvalue weighted by molar-refractivity contribution is 7.13. The molecule has 2 atom stereocenters. The summed E-state index contributed by atoms with van der Waals surface area (Å²) in [6.45, 7) is 8.25. The molecule has 2 heterocycles. The summed E-state index contributed by atoms with van der Waals surface area (Å²) < 4.78 is 0. The summed E-state index contributed by atoms with van der Waals surface area (Å²) in [5.74, 6) is -0.125. The van der Waals surface area contributed by atoms with Crippen molar-refractivity contribution in [3.63, 3.8) is 0 Å². The largest absolute Gasteiger partial charge is 0.362 e. The summed E-state index contributed by atoms with van der Waals surface area (Å²) in [6.07, 6.45) is 4.82. The Kier molecular flexibility index (Phi) is 7.68. The number of piperidine rings is 1. The van der Waals surface area contributed by atoms with Crippen molar-refractivity contribution in [3.8, 4) is 0 Å². The Morgan fingerprint density at radius 3 is 2.96 bits per heavy atom. The summed E-state index contributed by atoms with van der Waals surface area (Å²) in [7, 11) is 0. The van der Waals surface area contributed by atoms with Gasteiger partial charge in [-0.2, -0.15) is 0 Å². The van der Waals surface area contributed by atoms with Crippen molar-refractivity contribution in [3.05, 3.63) is 11.1 Å². The number of rotatable bonds is 8. The van der Waals surface area contributed by atoms with Crippen LogP contribution in [-0.4, -0.2) is 47.4 Å². The first kappa shape index (κ1) is 19.7. The molecule has 2 amide bonds. The molecule has 7 heteroatoms. The molecule has 1 saturated heterocycles. The van der Waals surface area contributed by atoms with Crippen LogP contribution in [0.2, 0.25) is 0 Å². The van der Waals surface area contributed by atoms with Crippen LogP contribution in [0.25, 0.3) is 0 Å². The molecule has 0 aliphatic carbocycles. The van der Waals surface area contributed by atoms with E-state index in [9.17, 15) is 9.59 Å². The predicted molar refractivity (Wildman–Crippen MR) is 102 cm³/mol. The van der Waals surface area contributed by atoms with E-state index in [1.54, 1.807) is 10.3 Å². The molecule has 1 aromatic heterocycles. The Hall–Kier alpha value is -1.63. The molecule has 2 rings (SSSR count). The molecule has 25 heavy (non-hydrogen) atoms. The molecule has 0 radical (unpaired) electrons. The SMILES string of the molecule is CCCCNc1nc(C(=O)N2CCCC(C(=O)NC(C)CC)C2)cs1. The number of nitrogens with zero attached hydrogens (tertiary/aromatic N) is 2. The minimum Gasteiger partial charge on any atom is -0.362 e. The van der Waals surface area contributed by atoms with E-state index >= 15 is 0 Å². The Balaban J connectivity index is 1.91. The van der Waals surface area contributed by atoms with Gasteiger partial charge in [0.25, 0.3) is 5.91 Å². The van der Waals surface area contributed by atoms with Crippen molar-refractivity contribution < 1.29 is 9.59 Å². The zero-order valence-electron chi connectivity index (χ0n) is 15.5. The number of amides is 2. The Morgan fingerprint density at radius 2 is 2.24 bits per heavy atom. The average Bonchev–Trinajstić information content (AvgIpc) is 3.10. The van der Waals surface area contributed by atoms with Gasteiger partial charge in [0.15, 0.2) is 5.13 Å². The van der Waals surface area contributed by atoms with Gasteiger partial charge in [-0.05, 0) is 32.6 Å². The average molecular weight is 367 g/mol. The highest BCUT2D eigenvalue weighted by atomic mass is 32.1. The van der Waals surface area contributed by atoms with Crippen molar-refractivity contribution in [1.29, 1.82) is 0 Å². The van der Waals surface area contributed by atoms with E-state index in [4.69, 9.17) is 0 Å². The number of aromatic nitrogens is 1. The van der Waals surface area contributed by atoms with E-state index in [2.05, 4.69) is 29.5 Å². The van der Waals surface area contributed by atoms with Crippen LogP contribution in [0.5, 0.6) is 0 Å². The fourth-order valence-corrected chi connectivity index (χ4v) is 3.54. The molecule has 2 N–H and O–H groups in total. The van der Waals surface area contributed by atoms with Crippen molar-refractivity contribution in [2.45, 2.75) is 58.9 Å². The van der Waals surface area contributed by atoms with Gasteiger partial charge in [0.1, 0.15) is 5.69 Å². The molecule has 0 spiro atoms. The topological polar surface area (TPSA) is 74.3 Å². The predicted octanol–water partition coefficient (Wildman–Crippen LogP) is 3.12. The van der Waals surface area contributed by atoms with Crippen LogP contribution in [0, 0.1) is 5.92 Å². The minimum atomic E-state index is -0.118. The first-order valence-electron chi connectivity index (χ1n) is 9.34. The van der Waals surface area contributed by atoms with Crippen LogP contribution in [0.4, 0.5) is 5.13 Å². The number of nitrogens with one attached hydrogen (secondary N) is 2. The maximum absolute atomic E-state index is 12.7. The van der Waals surface area contributed by atoms with Crippen molar-refractivity contribution in [1.82, 2.24) is 15.2 Å². The zero-order chi connectivity index (χ0) is 18.2. The van der Waals surface area contributed by atoms with Crippen molar-refractivity contribution in [2.24, 2.45) is 5.92 Å². The van der Waals surface area contributed by atoms with Gasteiger partial charge in [0.2, 0.25) is 5.91 Å². The van der Waals surface area contributed by atoms with Crippen LogP contribution >= 0.6 is 11.3 Å². The lowest BCUT2D eigenvalue weighted by Crippen LogP contribution is -2.47. The molecule has 6 nitrogen and oxygen atoms in total. The number of carbonyl (C=O) groups is 2. The third-order valence-corrected chi connectivity index (χ3v) is 5.41. The number of anilines is 1. The van der Waals surface area contributed by atoms with Crippen LogP contribution in [-0.2, 0) is 4.79 Å². The summed E-state index contributed by atoms with van der Waals surface area (Å²) in [5, 5.41) is 8.88. The van der Waals surface area contributed by atoms with Gasteiger partial charge < -0.3 is 15.5 Å². The smallest absolute Gasteiger partial charge is 0.273 e. The van der Waals surface area contributed by atoms with Gasteiger partial charge in [-0.3, -0.25) is 9.59 Å². The lowest BCUT2D eigenvalue weighted by atomic mass is 9.96. The van der Waals surface area contributed by atoms with E-state index in [0.717, 1.165) is 43.8 Å². The third kappa shape index (κ3) is 5.70. The lowest BCUT2D eigenvalue weighted by Gasteiger charge is -2.32. The van der Waals surface area contributed by atoms with Crippen LogP contribution < -0.4 is 10.6 Å². The first-order chi connectivity index (χ1) is 12.0. The van der Waals surface area contributed by atoms with E-state index in [1.807, 2.05) is 6.92 Å². The second-order valence-corrected chi connectivity index (χ2v) is 7.58. The summed E-state index contributed by atoms with van der Waals surface area (Å²) in [4.78, 5) is 31.2. The van der Waals surface area contributed by atoms with E-state index < -0.39 is 0 Å². The maximum atomic E-state index is 12.7. The van der Waals surface area contributed by atoms with Crippen LogP contribution in [0.3, 0.4) is 0 Å². The minimum absolute atomic E-state index is 0.0621. The van der Waals surface area contributed by atoms with Gasteiger partial charge >= 0.3 is 0 Å². The Labute approximate surface area is 154 Å². The molecule has 1 aromatic rings. The molecule has 2 unspecified atom stereocenters. The molecule has 0 aromatic carbocycles. The zero-order valence-corrected chi connectivity index (χ0v) is 16.3. The molecular weight excluding hydrogens is 336 g/mol. The molecule has 1 fully saturated rings.